The Morgan fingerprint density at radius 1 is 1.32 bits per heavy atom. The van der Waals surface area contributed by atoms with Crippen molar-refractivity contribution in [1.29, 1.82) is 0 Å². The second-order valence-corrected chi connectivity index (χ2v) is 6.82. The molecule has 1 aliphatic rings. The van der Waals surface area contributed by atoms with Crippen LogP contribution in [0, 0.1) is 0 Å². The van der Waals surface area contributed by atoms with Gasteiger partial charge in [-0.3, -0.25) is 0 Å². The zero-order chi connectivity index (χ0) is 13.7. The molecule has 0 radical (unpaired) electrons. The molecule has 106 valence electrons. The molecule has 1 fully saturated rings. The minimum atomic E-state index is -3.10. The number of sulfonamides is 1. The summed E-state index contributed by atoms with van der Waals surface area (Å²) >= 11 is 0. The highest BCUT2D eigenvalue weighted by molar-refractivity contribution is 7.89. The van der Waals surface area contributed by atoms with Crippen LogP contribution in [0.3, 0.4) is 0 Å². The summed E-state index contributed by atoms with van der Waals surface area (Å²) in [4.78, 5) is 4.13. The van der Waals surface area contributed by atoms with Crippen LogP contribution in [-0.2, 0) is 10.0 Å². The molecule has 2 rings (SSSR count). The summed E-state index contributed by atoms with van der Waals surface area (Å²) in [5, 5.41) is 0. The number of nitrogens with zero attached hydrogens (tertiary/aromatic N) is 1. The molecule has 1 aromatic rings. The molecule has 0 atom stereocenters. The largest absolute Gasteiger partial charge is 0.474 e. The van der Waals surface area contributed by atoms with E-state index in [0.29, 0.717) is 5.88 Å². The average Bonchev–Trinajstić information content (AvgIpc) is 2.42. The third-order valence-corrected chi connectivity index (χ3v) is 4.78. The van der Waals surface area contributed by atoms with Crippen molar-refractivity contribution < 1.29 is 13.2 Å². The summed E-state index contributed by atoms with van der Waals surface area (Å²) in [5.41, 5.74) is 0. The first-order valence-electron chi connectivity index (χ1n) is 6.67. The van der Waals surface area contributed by atoms with Crippen molar-refractivity contribution in [2.24, 2.45) is 0 Å². The van der Waals surface area contributed by atoms with E-state index < -0.39 is 10.0 Å². The Kier molecular flexibility index (Phi) is 4.76. The van der Waals surface area contributed by atoms with Crippen molar-refractivity contribution in [3.05, 3.63) is 24.4 Å². The monoisotopic (exact) mass is 284 g/mol. The van der Waals surface area contributed by atoms with Crippen LogP contribution in [0.15, 0.2) is 24.4 Å². The van der Waals surface area contributed by atoms with Crippen LogP contribution < -0.4 is 9.46 Å². The molecule has 6 heteroatoms. The Hall–Kier alpha value is -1.14. The average molecular weight is 284 g/mol. The lowest BCUT2D eigenvalue weighted by molar-refractivity contribution is 0.138. The van der Waals surface area contributed by atoms with Gasteiger partial charge in [-0.2, -0.15) is 0 Å². The molecule has 0 aromatic carbocycles. The van der Waals surface area contributed by atoms with Crippen molar-refractivity contribution in [1.82, 2.24) is 9.71 Å². The van der Waals surface area contributed by atoms with Crippen LogP contribution in [-0.4, -0.2) is 31.3 Å². The predicted octanol–water partition coefficient (Wildman–Crippen LogP) is 1.71. The number of ether oxygens (including phenoxy) is 1. The molecule has 5 nitrogen and oxygen atoms in total. The molecule has 1 N–H and O–H groups in total. The van der Waals surface area contributed by atoms with Crippen molar-refractivity contribution in [2.45, 2.75) is 44.8 Å². The lowest BCUT2D eigenvalue weighted by Gasteiger charge is -2.28. The van der Waals surface area contributed by atoms with E-state index in [-0.39, 0.29) is 17.9 Å². The first-order valence-corrected chi connectivity index (χ1v) is 8.32. The van der Waals surface area contributed by atoms with E-state index in [1.54, 1.807) is 13.1 Å². The van der Waals surface area contributed by atoms with E-state index in [0.717, 1.165) is 25.7 Å². The van der Waals surface area contributed by atoms with Gasteiger partial charge in [0.25, 0.3) is 0 Å². The standard InChI is InChI=1S/C13H20N2O3S/c1-2-19(16,17)15-11-6-8-12(9-7-11)18-13-5-3-4-10-14-13/h3-5,10-12,15H,2,6-9H2,1H3. The Morgan fingerprint density at radius 2 is 2.05 bits per heavy atom. The van der Waals surface area contributed by atoms with E-state index in [2.05, 4.69) is 9.71 Å². The van der Waals surface area contributed by atoms with E-state index in [1.165, 1.54) is 0 Å². The predicted molar refractivity (Wildman–Crippen MR) is 73.5 cm³/mol. The lowest BCUT2D eigenvalue weighted by atomic mass is 9.94. The molecular weight excluding hydrogens is 264 g/mol. The van der Waals surface area contributed by atoms with Crippen LogP contribution >= 0.6 is 0 Å². The van der Waals surface area contributed by atoms with Gasteiger partial charge < -0.3 is 4.74 Å². The highest BCUT2D eigenvalue weighted by Gasteiger charge is 2.25. The Balaban J connectivity index is 1.80. The Morgan fingerprint density at radius 3 is 2.63 bits per heavy atom. The molecule has 1 aliphatic carbocycles. The number of pyridine rings is 1. The summed E-state index contributed by atoms with van der Waals surface area (Å²) in [5.74, 6) is 0.775. The second kappa shape index (κ2) is 6.34. The molecule has 0 unspecified atom stereocenters. The molecular formula is C13H20N2O3S. The van der Waals surface area contributed by atoms with Crippen LogP contribution in [0.2, 0.25) is 0 Å². The number of hydrogen-bond donors (Lipinski definition) is 1. The van der Waals surface area contributed by atoms with Crippen molar-refractivity contribution in [3.63, 3.8) is 0 Å². The fourth-order valence-electron chi connectivity index (χ4n) is 2.22. The van der Waals surface area contributed by atoms with Crippen molar-refractivity contribution in [3.8, 4) is 5.88 Å². The zero-order valence-corrected chi connectivity index (χ0v) is 11.9. The van der Waals surface area contributed by atoms with Gasteiger partial charge in [0.05, 0.1) is 5.75 Å². The summed E-state index contributed by atoms with van der Waals surface area (Å²) in [6, 6.07) is 5.63. The SMILES string of the molecule is CCS(=O)(=O)NC1CCC(Oc2ccccn2)CC1. The summed E-state index contributed by atoms with van der Waals surface area (Å²) in [7, 11) is -3.10. The highest BCUT2D eigenvalue weighted by Crippen LogP contribution is 2.23. The van der Waals surface area contributed by atoms with Gasteiger partial charge in [-0.15, -0.1) is 0 Å². The first-order chi connectivity index (χ1) is 9.09. The first kappa shape index (κ1) is 14.3. The number of rotatable bonds is 5. The highest BCUT2D eigenvalue weighted by atomic mass is 32.2. The van der Waals surface area contributed by atoms with Gasteiger partial charge >= 0.3 is 0 Å². The van der Waals surface area contributed by atoms with Gasteiger partial charge in [-0.1, -0.05) is 6.07 Å². The maximum absolute atomic E-state index is 11.5. The molecule has 0 aliphatic heterocycles. The maximum Gasteiger partial charge on any atom is 0.213 e. The fraction of sp³-hybridized carbons (Fsp3) is 0.615. The summed E-state index contributed by atoms with van der Waals surface area (Å²) < 4.78 is 31.5. The van der Waals surface area contributed by atoms with Crippen molar-refractivity contribution >= 4 is 10.0 Å². The van der Waals surface area contributed by atoms with Gasteiger partial charge in [-0.25, -0.2) is 18.1 Å². The maximum atomic E-state index is 11.5. The van der Waals surface area contributed by atoms with Crippen LogP contribution in [0.4, 0.5) is 0 Å². The van der Waals surface area contributed by atoms with E-state index in [9.17, 15) is 8.42 Å². The minimum Gasteiger partial charge on any atom is -0.474 e. The van der Waals surface area contributed by atoms with Gasteiger partial charge in [-0.05, 0) is 38.7 Å². The van der Waals surface area contributed by atoms with Gasteiger partial charge in [0.15, 0.2) is 0 Å². The quantitative estimate of drug-likeness (QED) is 0.893. The van der Waals surface area contributed by atoms with E-state index in [1.807, 2.05) is 18.2 Å². The van der Waals surface area contributed by atoms with Crippen LogP contribution in [0.5, 0.6) is 5.88 Å². The molecule has 1 saturated carbocycles. The molecule has 0 amide bonds. The Bertz CT molecular complexity index is 482. The number of aromatic nitrogens is 1. The normalized spacial score (nSPS) is 24.1. The van der Waals surface area contributed by atoms with Gasteiger partial charge in [0.2, 0.25) is 15.9 Å². The van der Waals surface area contributed by atoms with Crippen LogP contribution in [0.25, 0.3) is 0 Å². The fourth-order valence-corrected chi connectivity index (χ4v) is 3.13. The summed E-state index contributed by atoms with van der Waals surface area (Å²) in [6.07, 6.45) is 5.18. The minimum absolute atomic E-state index is 0.0496. The lowest BCUT2D eigenvalue weighted by Crippen LogP contribution is -2.40. The molecule has 19 heavy (non-hydrogen) atoms. The molecule has 1 aromatic heterocycles. The van der Waals surface area contributed by atoms with Gasteiger partial charge in [0, 0.05) is 18.3 Å². The molecule has 0 bridgehead atoms. The smallest absolute Gasteiger partial charge is 0.213 e. The second-order valence-electron chi connectivity index (χ2n) is 4.78. The van der Waals surface area contributed by atoms with Crippen LogP contribution in [0.1, 0.15) is 32.6 Å². The summed E-state index contributed by atoms with van der Waals surface area (Å²) in [6.45, 7) is 1.65. The van der Waals surface area contributed by atoms with Crippen molar-refractivity contribution in [2.75, 3.05) is 5.75 Å². The van der Waals surface area contributed by atoms with Gasteiger partial charge in [0.1, 0.15) is 6.10 Å². The third kappa shape index (κ3) is 4.47. The third-order valence-electron chi connectivity index (χ3n) is 3.33. The topological polar surface area (TPSA) is 68.3 Å². The van der Waals surface area contributed by atoms with E-state index >= 15 is 0 Å². The molecule has 1 heterocycles. The zero-order valence-electron chi connectivity index (χ0n) is 11.1. The Labute approximate surface area is 114 Å². The number of nitrogens with one attached hydrogen (secondary N) is 1. The molecule has 0 spiro atoms. The number of hydrogen-bond acceptors (Lipinski definition) is 4. The van der Waals surface area contributed by atoms with E-state index in [4.69, 9.17) is 4.74 Å². The molecule has 0 saturated heterocycles.